The Morgan fingerprint density at radius 1 is 1.40 bits per heavy atom. The molecule has 0 aliphatic carbocycles. The van der Waals surface area contributed by atoms with Crippen molar-refractivity contribution in [1.29, 1.82) is 0 Å². The van der Waals surface area contributed by atoms with Gasteiger partial charge in [0.25, 0.3) is 0 Å². The van der Waals surface area contributed by atoms with Crippen molar-refractivity contribution in [3.63, 3.8) is 0 Å². The molecule has 0 unspecified atom stereocenters. The zero-order valence-electron chi connectivity index (χ0n) is 10.4. The molecule has 1 rings (SSSR count). The third kappa shape index (κ3) is 4.47. The molecule has 0 fully saturated rings. The lowest BCUT2D eigenvalue weighted by Gasteiger charge is -2.18. The molecule has 0 aliphatic rings. The van der Waals surface area contributed by atoms with Crippen LogP contribution < -0.4 is 5.32 Å². The Hall–Kier alpha value is -0.830. The number of hydrogen-bond acceptors (Lipinski definition) is 2. The van der Waals surface area contributed by atoms with Gasteiger partial charge in [-0.15, -0.1) is 0 Å². The molecule has 0 saturated heterocycles. The van der Waals surface area contributed by atoms with E-state index in [1.54, 1.807) is 0 Å². The topological polar surface area (TPSA) is 29.9 Å². The van der Waals surface area contributed by atoms with Crippen molar-refractivity contribution in [1.82, 2.24) is 14.9 Å². The van der Waals surface area contributed by atoms with Crippen LogP contribution in [0.1, 0.15) is 39.8 Å². The summed E-state index contributed by atoms with van der Waals surface area (Å²) < 4.78 is 2.17. The lowest BCUT2D eigenvalue weighted by molar-refractivity contribution is 0.365. The summed E-state index contributed by atoms with van der Waals surface area (Å²) in [4.78, 5) is 4.14. The third-order valence-corrected chi connectivity index (χ3v) is 2.50. The van der Waals surface area contributed by atoms with Crippen LogP contribution in [-0.4, -0.2) is 16.1 Å². The number of aryl methyl sites for hydroxylation is 1. The Balaban J connectivity index is 2.26. The van der Waals surface area contributed by atoms with Gasteiger partial charge in [-0.2, -0.15) is 0 Å². The molecule has 1 aromatic rings. The van der Waals surface area contributed by atoms with E-state index >= 15 is 0 Å². The molecule has 1 N–H and O–H groups in total. The van der Waals surface area contributed by atoms with E-state index in [0.717, 1.165) is 19.6 Å². The molecule has 0 aliphatic heterocycles. The molecule has 86 valence electrons. The van der Waals surface area contributed by atoms with Crippen molar-refractivity contribution in [2.24, 2.45) is 5.41 Å². The summed E-state index contributed by atoms with van der Waals surface area (Å²) in [7, 11) is 0. The highest BCUT2D eigenvalue weighted by molar-refractivity contribution is 4.97. The normalized spacial score (nSPS) is 12.0. The van der Waals surface area contributed by atoms with Crippen molar-refractivity contribution >= 4 is 0 Å². The Bertz CT molecular complexity index is 283. The number of nitrogens with zero attached hydrogens (tertiary/aromatic N) is 2. The van der Waals surface area contributed by atoms with E-state index in [0.29, 0.717) is 5.41 Å². The zero-order valence-corrected chi connectivity index (χ0v) is 10.4. The average molecular weight is 209 g/mol. The van der Waals surface area contributed by atoms with Gasteiger partial charge in [0.2, 0.25) is 0 Å². The molecule has 0 spiro atoms. The molecular weight excluding hydrogens is 186 g/mol. The quantitative estimate of drug-likeness (QED) is 0.755. The van der Waals surface area contributed by atoms with Gasteiger partial charge in [0.1, 0.15) is 0 Å². The van der Waals surface area contributed by atoms with Gasteiger partial charge in [-0.05, 0) is 25.3 Å². The molecule has 1 heterocycles. The fourth-order valence-corrected chi connectivity index (χ4v) is 1.46. The summed E-state index contributed by atoms with van der Waals surface area (Å²) in [5, 5.41) is 3.46. The predicted molar refractivity (Wildman–Crippen MR) is 63.7 cm³/mol. The van der Waals surface area contributed by atoms with E-state index in [4.69, 9.17) is 0 Å². The summed E-state index contributed by atoms with van der Waals surface area (Å²) in [5.41, 5.74) is 1.68. The molecule has 1 aromatic heterocycles. The van der Waals surface area contributed by atoms with E-state index in [-0.39, 0.29) is 0 Å². The minimum absolute atomic E-state index is 0.415. The van der Waals surface area contributed by atoms with Crippen LogP contribution in [0, 0.1) is 5.41 Å². The van der Waals surface area contributed by atoms with Crippen LogP contribution in [0.2, 0.25) is 0 Å². The largest absolute Gasteiger partial charge is 0.334 e. The predicted octanol–water partition coefficient (Wildman–Crippen LogP) is 2.43. The Morgan fingerprint density at radius 3 is 2.73 bits per heavy atom. The molecule has 0 atom stereocenters. The van der Waals surface area contributed by atoms with Crippen LogP contribution in [0.15, 0.2) is 12.5 Å². The first-order valence-electron chi connectivity index (χ1n) is 5.72. The van der Waals surface area contributed by atoms with Crippen LogP contribution in [-0.2, 0) is 13.1 Å². The highest BCUT2D eigenvalue weighted by Crippen LogP contribution is 2.16. The van der Waals surface area contributed by atoms with Crippen molar-refractivity contribution in [2.45, 2.75) is 47.2 Å². The highest BCUT2D eigenvalue weighted by Gasteiger charge is 2.09. The lowest BCUT2D eigenvalue weighted by atomic mass is 9.92. The maximum absolute atomic E-state index is 4.14. The van der Waals surface area contributed by atoms with Crippen molar-refractivity contribution in [3.8, 4) is 0 Å². The molecule has 3 nitrogen and oxygen atoms in total. The van der Waals surface area contributed by atoms with E-state index in [9.17, 15) is 0 Å². The van der Waals surface area contributed by atoms with Gasteiger partial charge < -0.3 is 9.88 Å². The summed E-state index contributed by atoms with van der Waals surface area (Å²) in [6.45, 7) is 11.9. The van der Waals surface area contributed by atoms with Gasteiger partial charge in [0, 0.05) is 19.3 Å². The molecule has 0 radical (unpaired) electrons. The van der Waals surface area contributed by atoms with Crippen LogP contribution in [0.5, 0.6) is 0 Å². The summed E-state index contributed by atoms with van der Waals surface area (Å²) >= 11 is 0. The average Bonchev–Trinajstić information content (AvgIpc) is 2.58. The third-order valence-electron chi connectivity index (χ3n) is 2.50. The van der Waals surface area contributed by atoms with Gasteiger partial charge in [-0.25, -0.2) is 4.98 Å². The first-order chi connectivity index (χ1) is 7.03. The smallest absolute Gasteiger partial charge is 0.0948 e. The summed E-state index contributed by atoms with van der Waals surface area (Å²) in [6.07, 6.45) is 5.03. The zero-order chi connectivity index (χ0) is 11.3. The van der Waals surface area contributed by atoms with Gasteiger partial charge >= 0.3 is 0 Å². The fraction of sp³-hybridized carbons (Fsp3) is 0.750. The van der Waals surface area contributed by atoms with Crippen LogP contribution in [0.25, 0.3) is 0 Å². The summed E-state index contributed by atoms with van der Waals surface area (Å²) in [5.74, 6) is 0. The fourth-order valence-electron chi connectivity index (χ4n) is 1.46. The maximum Gasteiger partial charge on any atom is 0.0948 e. The van der Waals surface area contributed by atoms with Gasteiger partial charge in [0.05, 0.1) is 12.0 Å². The molecule has 15 heavy (non-hydrogen) atoms. The maximum atomic E-state index is 4.14. The van der Waals surface area contributed by atoms with Gasteiger partial charge in [-0.3, -0.25) is 0 Å². The van der Waals surface area contributed by atoms with E-state index in [2.05, 4.69) is 42.6 Å². The van der Waals surface area contributed by atoms with Gasteiger partial charge in [0.15, 0.2) is 0 Å². The number of hydrogen-bond donors (Lipinski definition) is 1. The molecule has 0 amide bonds. The Kier molecular flexibility index (Phi) is 4.33. The summed E-state index contributed by atoms with van der Waals surface area (Å²) in [6, 6.07) is 0. The SMILES string of the molecule is CCn1cncc1CNCCC(C)(C)C. The highest BCUT2D eigenvalue weighted by atomic mass is 15.1. The van der Waals surface area contributed by atoms with E-state index in [1.807, 2.05) is 12.5 Å². The first kappa shape index (κ1) is 12.2. The number of imidazole rings is 1. The van der Waals surface area contributed by atoms with Gasteiger partial charge in [-0.1, -0.05) is 20.8 Å². The molecule has 0 bridgehead atoms. The lowest BCUT2D eigenvalue weighted by Crippen LogP contribution is -2.21. The van der Waals surface area contributed by atoms with Crippen molar-refractivity contribution in [2.75, 3.05) is 6.54 Å². The molecule has 0 saturated carbocycles. The molecular formula is C12H23N3. The second-order valence-electron chi connectivity index (χ2n) is 5.16. The first-order valence-corrected chi connectivity index (χ1v) is 5.72. The molecule has 3 heteroatoms. The van der Waals surface area contributed by atoms with Crippen molar-refractivity contribution in [3.05, 3.63) is 18.2 Å². The van der Waals surface area contributed by atoms with E-state index < -0.39 is 0 Å². The Morgan fingerprint density at radius 2 is 2.13 bits per heavy atom. The second kappa shape index (κ2) is 5.31. The number of aromatic nitrogens is 2. The van der Waals surface area contributed by atoms with Crippen molar-refractivity contribution < 1.29 is 0 Å². The second-order valence-corrected chi connectivity index (χ2v) is 5.16. The number of nitrogens with one attached hydrogen (secondary N) is 1. The minimum atomic E-state index is 0.415. The minimum Gasteiger partial charge on any atom is -0.334 e. The monoisotopic (exact) mass is 209 g/mol. The van der Waals surface area contributed by atoms with E-state index in [1.165, 1.54) is 12.1 Å². The van der Waals surface area contributed by atoms with Crippen LogP contribution in [0.4, 0.5) is 0 Å². The Labute approximate surface area is 92.9 Å². The van der Waals surface area contributed by atoms with Crippen LogP contribution >= 0.6 is 0 Å². The molecule has 0 aromatic carbocycles. The number of rotatable bonds is 5. The van der Waals surface area contributed by atoms with Crippen LogP contribution in [0.3, 0.4) is 0 Å². The standard InChI is InChI=1S/C12H23N3/c1-5-15-10-14-9-11(15)8-13-7-6-12(2,3)4/h9-10,13H,5-8H2,1-4H3.